The molecule has 0 aromatic rings. The van der Waals surface area contributed by atoms with Crippen LogP contribution in [0, 0.1) is 5.92 Å². The number of ether oxygens (including phenoxy) is 1. The Kier molecular flexibility index (Phi) is 5.44. The molecule has 3 heteroatoms. The molecule has 0 spiro atoms. The number of hydrogen-bond acceptors (Lipinski definition) is 3. The largest absolute Gasteiger partial charge is 0.465 e. The number of rotatable bonds is 6. The van der Waals surface area contributed by atoms with Gasteiger partial charge in [0.1, 0.15) is 5.54 Å². The van der Waals surface area contributed by atoms with E-state index in [0.29, 0.717) is 18.6 Å². The highest BCUT2D eigenvalue weighted by molar-refractivity contribution is 5.81. The molecule has 1 saturated carbocycles. The minimum Gasteiger partial charge on any atom is -0.465 e. The Labute approximate surface area is 105 Å². The molecule has 1 aliphatic carbocycles. The van der Waals surface area contributed by atoms with Crippen molar-refractivity contribution in [1.82, 2.24) is 5.32 Å². The van der Waals surface area contributed by atoms with Gasteiger partial charge in [0.2, 0.25) is 0 Å². The molecule has 0 amide bonds. The Hall–Kier alpha value is -0.570. The molecule has 0 aromatic carbocycles. The normalized spacial score (nSPS) is 30.2. The molecule has 0 aromatic heterocycles. The van der Waals surface area contributed by atoms with Gasteiger partial charge in [0.15, 0.2) is 0 Å². The molecule has 1 N–H and O–H groups in total. The average molecular weight is 241 g/mol. The van der Waals surface area contributed by atoms with Crippen LogP contribution in [0.25, 0.3) is 0 Å². The van der Waals surface area contributed by atoms with Gasteiger partial charge in [-0.25, -0.2) is 0 Å². The Bertz CT molecular complexity index is 255. The van der Waals surface area contributed by atoms with Crippen LogP contribution < -0.4 is 5.32 Å². The van der Waals surface area contributed by atoms with E-state index < -0.39 is 5.54 Å². The molecule has 100 valence electrons. The smallest absolute Gasteiger partial charge is 0.326 e. The van der Waals surface area contributed by atoms with E-state index in [1.54, 1.807) is 0 Å². The quantitative estimate of drug-likeness (QED) is 0.727. The van der Waals surface area contributed by atoms with Crippen molar-refractivity contribution in [2.24, 2.45) is 5.92 Å². The van der Waals surface area contributed by atoms with Crippen LogP contribution in [0.3, 0.4) is 0 Å². The van der Waals surface area contributed by atoms with E-state index in [4.69, 9.17) is 4.74 Å². The van der Waals surface area contributed by atoms with Gasteiger partial charge in [-0.3, -0.25) is 10.1 Å². The van der Waals surface area contributed by atoms with Crippen LogP contribution in [0.15, 0.2) is 0 Å². The Morgan fingerprint density at radius 3 is 2.65 bits per heavy atom. The number of carbonyl (C=O) groups is 1. The first-order chi connectivity index (χ1) is 8.07. The molecule has 3 nitrogen and oxygen atoms in total. The van der Waals surface area contributed by atoms with Gasteiger partial charge in [-0.05, 0) is 45.4 Å². The molecule has 3 unspecified atom stereocenters. The van der Waals surface area contributed by atoms with Crippen LogP contribution in [0.4, 0.5) is 0 Å². The lowest BCUT2D eigenvalue weighted by Gasteiger charge is -2.31. The van der Waals surface area contributed by atoms with Crippen LogP contribution in [0.5, 0.6) is 0 Å². The van der Waals surface area contributed by atoms with Crippen LogP contribution in [-0.4, -0.2) is 24.2 Å². The van der Waals surface area contributed by atoms with Crippen molar-refractivity contribution in [3.63, 3.8) is 0 Å². The average Bonchev–Trinajstić information content (AvgIpc) is 2.74. The van der Waals surface area contributed by atoms with E-state index in [9.17, 15) is 4.79 Å². The number of nitrogens with one attached hydrogen (secondary N) is 1. The van der Waals surface area contributed by atoms with Crippen molar-refractivity contribution in [2.45, 2.75) is 71.4 Å². The molecule has 1 fully saturated rings. The molecule has 1 rings (SSSR count). The molecule has 0 aliphatic heterocycles. The predicted molar refractivity (Wildman–Crippen MR) is 69.9 cm³/mol. The number of hydrogen-bond donors (Lipinski definition) is 1. The molecular formula is C14H27NO2. The Balaban J connectivity index is 2.75. The zero-order valence-electron chi connectivity index (χ0n) is 11.7. The summed E-state index contributed by atoms with van der Waals surface area (Å²) in [7, 11) is 0. The highest BCUT2D eigenvalue weighted by atomic mass is 16.5. The molecule has 0 heterocycles. The van der Waals surface area contributed by atoms with E-state index in [1.165, 1.54) is 0 Å². The van der Waals surface area contributed by atoms with E-state index in [1.807, 2.05) is 6.92 Å². The van der Waals surface area contributed by atoms with Gasteiger partial charge >= 0.3 is 5.97 Å². The van der Waals surface area contributed by atoms with E-state index in [0.717, 1.165) is 32.1 Å². The summed E-state index contributed by atoms with van der Waals surface area (Å²) in [4.78, 5) is 12.2. The van der Waals surface area contributed by atoms with Crippen molar-refractivity contribution in [3.05, 3.63) is 0 Å². The van der Waals surface area contributed by atoms with Gasteiger partial charge in [0.25, 0.3) is 0 Å². The van der Waals surface area contributed by atoms with Gasteiger partial charge < -0.3 is 4.74 Å². The molecule has 1 aliphatic rings. The Morgan fingerprint density at radius 1 is 1.47 bits per heavy atom. The minimum atomic E-state index is -0.411. The van der Waals surface area contributed by atoms with Crippen molar-refractivity contribution in [1.29, 1.82) is 0 Å². The van der Waals surface area contributed by atoms with Gasteiger partial charge in [0, 0.05) is 6.04 Å². The lowest BCUT2D eigenvalue weighted by Crippen LogP contribution is -2.54. The fourth-order valence-corrected chi connectivity index (χ4v) is 2.71. The van der Waals surface area contributed by atoms with Crippen molar-refractivity contribution in [3.8, 4) is 0 Å². The van der Waals surface area contributed by atoms with Crippen LogP contribution >= 0.6 is 0 Å². The highest BCUT2D eigenvalue weighted by Gasteiger charge is 2.46. The van der Waals surface area contributed by atoms with Gasteiger partial charge in [-0.15, -0.1) is 0 Å². The lowest BCUT2D eigenvalue weighted by molar-refractivity contribution is -0.151. The summed E-state index contributed by atoms with van der Waals surface area (Å²) in [6.07, 6.45) is 5.20. The zero-order valence-corrected chi connectivity index (χ0v) is 11.7. The highest BCUT2D eigenvalue weighted by Crippen LogP contribution is 2.37. The summed E-state index contributed by atoms with van der Waals surface area (Å²) < 4.78 is 5.27. The fourth-order valence-electron chi connectivity index (χ4n) is 2.71. The first-order valence-corrected chi connectivity index (χ1v) is 7.02. The summed E-state index contributed by atoms with van der Waals surface area (Å²) in [5, 5.41) is 3.52. The van der Waals surface area contributed by atoms with Crippen molar-refractivity contribution >= 4 is 5.97 Å². The summed E-state index contributed by atoms with van der Waals surface area (Å²) >= 11 is 0. The fraction of sp³-hybridized carbons (Fsp3) is 0.929. The second-order valence-corrected chi connectivity index (χ2v) is 5.27. The van der Waals surface area contributed by atoms with Crippen molar-refractivity contribution in [2.75, 3.05) is 6.61 Å². The zero-order chi connectivity index (χ0) is 12.9. The first kappa shape index (κ1) is 14.5. The first-order valence-electron chi connectivity index (χ1n) is 7.02. The maximum absolute atomic E-state index is 12.2. The van der Waals surface area contributed by atoms with Gasteiger partial charge in [-0.2, -0.15) is 0 Å². The van der Waals surface area contributed by atoms with E-state index >= 15 is 0 Å². The summed E-state index contributed by atoms with van der Waals surface area (Å²) in [5.74, 6) is 0.618. The van der Waals surface area contributed by atoms with E-state index in [-0.39, 0.29) is 5.97 Å². The molecule has 0 bridgehead atoms. The SMILES string of the molecule is CCOC(=O)C1(NC(C)CC)CCC(CC)C1. The number of esters is 1. The third-order valence-electron chi connectivity index (χ3n) is 4.00. The molecule has 0 saturated heterocycles. The standard InChI is InChI=1S/C14H27NO2/c1-5-11(4)15-14(13(16)17-7-3)9-8-12(6-2)10-14/h11-12,15H,5-10H2,1-4H3. The number of carbonyl (C=O) groups excluding carboxylic acids is 1. The Morgan fingerprint density at radius 2 is 2.18 bits per heavy atom. The summed E-state index contributed by atoms with van der Waals surface area (Å²) in [6.45, 7) is 8.83. The second-order valence-electron chi connectivity index (χ2n) is 5.27. The van der Waals surface area contributed by atoms with Gasteiger partial charge in [0.05, 0.1) is 6.61 Å². The van der Waals surface area contributed by atoms with Crippen molar-refractivity contribution < 1.29 is 9.53 Å². The van der Waals surface area contributed by atoms with Crippen LogP contribution in [0.2, 0.25) is 0 Å². The summed E-state index contributed by atoms with van der Waals surface area (Å²) in [5.41, 5.74) is -0.411. The maximum atomic E-state index is 12.2. The minimum absolute atomic E-state index is 0.0451. The monoisotopic (exact) mass is 241 g/mol. The molecular weight excluding hydrogens is 214 g/mol. The van der Waals surface area contributed by atoms with Gasteiger partial charge in [-0.1, -0.05) is 20.3 Å². The van der Waals surface area contributed by atoms with Crippen LogP contribution in [-0.2, 0) is 9.53 Å². The van der Waals surface area contributed by atoms with E-state index in [2.05, 4.69) is 26.1 Å². The maximum Gasteiger partial charge on any atom is 0.326 e. The topological polar surface area (TPSA) is 38.3 Å². The molecule has 0 radical (unpaired) electrons. The summed E-state index contributed by atoms with van der Waals surface area (Å²) in [6, 6.07) is 0.370. The predicted octanol–water partition coefficient (Wildman–Crippen LogP) is 2.89. The second kappa shape index (κ2) is 6.39. The third-order valence-corrected chi connectivity index (χ3v) is 4.00. The lowest BCUT2D eigenvalue weighted by atomic mass is 9.93. The van der Waals surface area contributed by atoms with Crippen LogP contribution in [0.1, 0.15) is 59.8 Å². The third kappa shape index (κ3) is 3.44. The molecule has 3 atom stereocenters. The molecule has 17 heavy (non-hydrogen) atoms.